The third-order valence-corrected chi connectivity index (χ3v) is 2.94. The molecule has 0 saturated heterocycles. The Morgan fingerprint density at radius 2 is 2.15 bits per heavy atom. The van der Waals surface area contributed by atoms with E-state index in [1.165, 1.54) is 23.3 Å². The third kappa shape index (κ3) is 2.19. The molecule has 1 aromatic carbocycles. The zero-order chi connectivity index (χ0) is 9.26. The van der Waals surface area contributed by atoms with Gasteiger partial charge in [0.2, 0.25) is 0 Å². The maximum absolute atomic E-state index is 5.79. The van der Waals surface area contributed by atoms with Gasteiger partial charge >= 0.3 is 0 Å². The van der Waals surface area contributed by atoms with Crippen LogP contribution in [0.25, 0.3) is 0 Å². The number of hydrogen-bond donors (Lipinski definition) is 0. The molecule has 70 valence electrons. The van der Waals surface area contributed by atoms with Crippen LogP contribution in [0, 0.1) is 6.92 Å². The minimum absolute atomic E-state index is 0.496. The molecular weight excluding hydrogens is 180 g/mol. The second kappa shape index (κ2) is 3.62. The lowest BCUT2D eigenvalue weighted by Gasteiger charge is -2.08. The van der Waals surface area contributed by atoms with Gasteiger partial charge in [-0.15, -0.1) is 11.8 Å². The zero-order valence-electron chi connectivity index (χ0n) is 8.04. The molecule has 0 N–H and O–H groups in total. The molecule has 13 heavy (non-hydrogen) atoms. The first-order valence-corrected chi connectivity index (χ1v) is 5.83. The van der Waals surface area contributed by atoms with Crippen LogP contribution in [0.4, 0.5) is 0 Å². The van der Waals surface area contributed by atoms with Crippen molar-refractivity contribution in [2.24, 2.45) is 0 Å². The van der Waals surface area contributed by atoms with Crippen molar-refractivity contribution in [1.82, 2.24) is 0 Å². The van der Waals surface area contributed by atoms with Gasteiger partial charge in [0, 0.05) is 4.90 Å². The van der Waals surface area contributed by atoms with E-state index < -0.39 is 0 Å². The monoisotopic (exact) mass is 194 g/mol. The van der Waals surface area contributed by atoms with Crippen molar-refractivity contribution in [2.75, 3.05) is 6.26 Å². The van der Waals surface area contributed by atoms with Gasteiger partial charge in [-0.05, 0) is 43.7 Å². The van der Waals surface area contributed by atoms with Crippen molar-refractivity contribution in [3.8, 4) is 5.75 Å². The van der Waals surface area contributed by atoms with Crippen LogP contribution in [0.5, 0.6) is 5.75 Å². The van der Waals surface area contributed by atoms with Crippen LogP contribution in [0.2, 0.25) is 0 Å². The summed E-state index contributed by atoms with van der Waals surface area (Å²) in [5.41, 5.74) is 1.24. The summed E-state index contributed by atoms with van der Waals surface area (Å²) in [7, 11) is 0. The minimum Gasteiger partial charge on any atom is -0.490 e. The van der Waals surface area contributed by atoms with Crippen molar-refractivity contribution in [1.29, 1.82) is 0 Å². The highest BCUT2D eigenvalue weighted by Gasteiger charge is 2.24. The van der Waals surface area contributed by atoms with Crippen molar-refractivity contribution >= 4 is 11.8 Å². The molecule has 0 heterocycles. The highest BCUT2D eigenvalue weighted by Crippen LogP contribution is 2.31. The number of rotatable bonds is 3. The Morgan fingerprint density at radius 1 is 1.38 bits per heavy atom. The van der Waals surface area contributed by atoms with Gasteiger partial charge in [0.1, 0.15) is 5.75 Å². The van der Waals surface area contributed by atoms with Crippen LogP contribution in [-0.2, 0) is 0 Å². The van der Waals surface area contributed by atoms with Crippen molar-refractivity contribution in [3.63, 3.8) is 0 Å². The van der Waals surface area contributed by atoms with Crippen LogP contribution in [0.1, 0.15) is 18.4 Å². The van der Waals surface area contributed by atoms with E-state index in [2.05, 4.69) is 31.4 Å². The number of thioether (sulfide) groups is 1. The maximum Gasteiger partial charge on any atom is 0.123 e. The molecule has 1 fully saturated rings. The number of aryl methyl sites for hydroxylation is 1. The number of benzene rings is 1. The summed E-state index contributed by atoms with van der Waals surface area (Å²) in [5.74, 6) is 1.06. The lowest BCUT2D eigenvalue weighted by Crippen LogP contribution is -1.97. The fourth-order valence-corrected chi connectivity index (χ4v) is 1.63. The van der Waals surface area contributed by atoms with Gasteiger partial charge in [0.05, 0.1) is 6.10 Å². The molecule has 2 heteroatoms. The molecule has 0 aliphatic heterocycles. The molecule has 0 spiro atoms. The molecule has 0 bridgehead atoms. The van der Waals surface area contributed by atoms with E-state index in [1.807, 2.05) is 0 Å². The summed E-state index contributed by atoms with van der Waals surface area (Å²) in [4.78, 5) is 1.28. The fraction of sp³-hybridized carbons (Fsp3) is 0.455. The molecule has 1 aliphatic rings. The summed E-state index contributed by atoms with van der Waals surface area (Å²) in [6.45, 7) is 2.10. The molecule has 2 rings (SSSR count). The van der Waals surface area contributed by atoms with Crippen molar-refractivity contribution in [2.45, 2.75) is 30.8 Å². The van der Waals surface area contributed by atoms with Crippen LogP contribution in [0.3, 0.4) is 0 Å². The Hall–Kier alpha value is -0.630. The van der Waals surface area contributed by atoms with E-state index >= 15 is 0 Å². The number of hydrogen-bond acceptors (Lipinski definition) is 2. The first-order chi connectivity index (χ1) is 6.29. The zero-order valence-corrected chi connectivity index (χ0v) is 8.86. The molecule has 0 unspecified atom stereocenters. The molecule has 0 atom stereocenters. The smallest absolute Gasteiger partial charge is 0.123 e. The molecule has 1 nitrogen and oxygen atoms in total. The second-order valence-electron chi connectivity index (χ2n) is 3.45. The molecule has 1 saturated carbocycles. The second-order valence-corrected chi connectivity index (χ2v) is 4.33. The number of ether oxygens (including phenoxy) is 1. The quantitative estimate of drug-likeness (QED) is 0.683. The minimum atomic E-state index is 0.496. The van der Waals surface area contributed by atoms with E-state index in [0.29, 0.717) is 6.10 Å². The highest BCUT2D eigenvalue weighted by molar-refractivity contribution is 7.98. The Balaban J connectivity index is 2.19. The highest BCUT2D eigenvalue weighted by atomic mass is 32.2. The van der Waals surface area contributed by atoms with Crippen molar-refractivity contribution in [3.05, 3.63) is 23.8 Å². The molecule has 1 aliphatic carbocycles. The predicted octanol–water partition coefficient (Wildman–Crippen LogP) is 3.26. The van der Waals surface area contributed by atoms with Crippen LogP contribution in [0.15, 0.2) is 23.1 Å². The van der Waals surface area contributed by atoms with E-state index in [9.17, 15) is 0 Å². The summed E-state index contributed by atoms with van der Waals surface area (Å²) >= 11 is 1.76. The van der Waals surface area contributed by atoms with Gasteiger partial charge in [0.15, 0.2) is 0 Å². The van der Waals surface area contributed by atoms with Gasteiger partial charge in [0.25, 0.3) is 0 Å². The summed E-state index contributed by atoms with van der Waals surface area (Å²) in [5, 5.41) is 0. The largest absolute Gasteiger partial charge is 0.490 e. The lowest BCUT2D eigenvalue weighted by molar-refractivity contribution is 0.300. The van der Waals surface area contributed by atoms with E-state index in [0.717, 1.165) is 5.75 Å². The fourth-order valence-electron chi connectivity index (χ4n) is 1.20. The standard InChI is InChI=1S/C11H14OS/c1-8-3-6-10(13-2)7-11(8)12-9-4-5-9/h3,6-7,9H,4-5H2,1-2H3. The average Bonchev–Trinajstić information content (AvgIpc) is 2.93. The predicted molar refractivity (Wildman–Crippen MR) is 56.6 cm³/mol. The maximum atomic E-state index is 5.79. The molecule has 1 aromatic rings. The Bertz CT molecular complexity index is 305. The van der Waals surface area contributed by atoms with Gasteiger partial charge < -0.3 is 4.74 Å². The normalized spacial score (nSPS) is 15.8. The molecule has 0 amide bonds. The van der Waals surface area contributed by atoms with Crippen LogP contribution in [-0.4, -0.2) is 12.4 Å². The average molecular weight is 194 g/mol. The summed E-state index contributed by atoms with van der Waals surface area (Å²) in [6.07, 6.45) is 5.04. The summed E-state index contributed by atoms with van der Waals surface area (Å²) < 4.78 is 5.79. The third-order valence-electron chi connectivity index (χ3n) is 2.21. The Labute approximate surface area is 83.5 Å². The van der Waals surface area contributed by atoms with Gasteiger partial charge in [-0.25, -0.2) is 0 Å². The van der Waals surface area contributed by atoms with Gasteiger partial charge in [-0.3, -0.25) is 0 Å². The lowest BCUT2D eigenvalue weighted by atomic mass is 10.2. The topological polar surface area (TPSA) is 9.23 Å². The Morgan fingerprint density at radius 3 is 2.77 bits per heavy atom. The molecular formula is C11H14OS. The van der Waals surface area contributed by atoms with Gasteiger partial charge in [-0.1, -0.05) is 6.07 Å². The Kier molecular flexibility index (Phi) is 2.49. The van der Waals surface area contributed by atoms with Crippen molar-refractivity contribution < 1.29 is 4.74 Å². The van der Waals surface area contributed by atoms with Crippen LogP contribution >= 0.6 is 11.8 Å². The SMILES string of the molecule is CSc1ccc(C)c(OC2CC2)c1. The van der Waals surface area contributed by atoms with E-state index in [4.69, 9.17) is 4.74 Å². The van der Waals surface area contributed by atoms with E-state index in [-0.39, 0.29) is 0 Å². The van der Waals surface area contributed by atoms with Gasteiger partial charge in [-0.2, -0.15) is 0 Å². The van der Waals surface area contributed by atoms with E-state index in [1.54, 1.807) is 11.8 Å². The first-order valence-electron chi connectivity index (χ1n) is 4.61. The van der Waals surface area contributed by atoms with Crippen LogP contribution < -0.4 is 4.74 Å². The molecule has 0 aromatic heterocycles. The summed E-state index contributed by atoms with van der Waals surface area (Å²) in [6, 6.07) is 6.40. The molecule has 0 radical (unpaired) electrons. The first kappa shape index (κ1) is 8.95.